The van der Waals surface area contributed by atoms with Crippen LogP contribution in [0, 0.1) is 21.7 Å². The van der Waals surface area contributed by atoms with Crippen molar-refractivity contribution in [2.24, 2.45) is 0 Å². The summed E-state index contributed by atoms with van der Waals surface area (Å²) in [5.41, 5.74) is -0.562. The number of hydrogen-bond acceptors (Lipinski definition) is 11. The minimum absolute atomic E-state index is 0.00801. The van der Waals surface area contributed by atoms with Crippen LogP contribution in [0.15, 0.2) is 28.7 Å². The predicted octanol–water partition coefficient (Wildman–Crippen LogP) is 1.66. The Kier molecular flexibility index (Phi) is 7.28. The molecule has 0 N–H and O–H groups in total. The van der Waals surface area contributed by atoms with Gasteiger partial charge in [0.25, 0.3) is 10.1 Å². The molecule has 2 aliphatic rings. The van der Waals surface area contributed by atoms with E-state index in [0.29, 0.717) is 0 Å². The fourth-order valence-electron chi connectivity index (χ4n) is 3.73. The average Bonchev–Trinajstić information content (AvgIpc) is 3.38. The van der Waals surface area contributed by atoms with Gasteiger partial charge in [-0.3, -0.25) is 28.8 Å². The Morgan fingerprint density at radius 3 is 2.54 bits per heavy atom. The average molecular weight is 546 g/mol. The first-order valence-electron chi connectivity index (χ1n) is 10.7. The van der Waals surface area contributed by atoms with Crippen molar-refractivity contribution in [2.45, 2.75) is 6.10 Å². The Bertz CT molecular complexity index is 1310. The van der Waals surface area contributed by atoms with E-state index in [2.05, 4.69) is 4.18 Å². The number of anilines is 2. The highest BCUT2D eigenvalue weighted by molar-refractivity contribution is 7.85. The molecule has 14 nitrogen and oxygen atoms in total. The smallest absolute Gasteiger partial charge is 0.433 e. The van der Waals surface area contributed by atoms with Crippen molar-refractivity contribution in [3.05, 3.63) is 51.8 Å². The number of hydrogen-bond donors (Lipinski definition) is 0. The van der Waals surface area contributed by atoms with Gasteiger partial charge in [0.1, 0.15) is 23.3 Å². The first-order chi connectivity index (χ1) is 17.4. The van der Waals surface area contributed by atoms with Crippen molar-refractivity contribution < 1.29 is 49.9 Å². The summed E-state index contributed by atoms with van der Waals surface area (Å²) in [6.07, 6.45) is -1.06. The highest BCUT2D eigenvalue weighted by Crippen LogP contribution is 2.31. The van der Waals surface area contributed by atoms with Gasteiger partial charge in [-0.2, -0.15) is 8.42 Å². The molecule has 2 fully saturated rings. The number of nitro groups is 1. The van der Waals surface area contributed by atoms with E-state index in [1.807, 2.05) is 0 Å². The lowest BCUT2D eigenvalue weighted by Gasteiger charge is -2.24. The molecule has 17 heteroatoms. The van der Waals surface area contributed by atoms with Crippen molar-refractivity contribution in [3.8, 4) is 0 Å². The van der Waals surface area contributed by atoms with Gasteiger partial charge in [0.05, 0.1) is 37.7 Å². The molecular weight excluding hydrogens is 526 g/mol. The van der Waals surface area contributed by atoms with Crippen LogP contribution in [0.3, 0.4) is 0 Å². The van der Waals surface area contributed by atoms with Crippen LogP contribution in [0.2, 0.25) is 0 Å². The van der Waals surface area contributed by atoms with Crippen molar-refractivity contribution in [1.29, 1.82) is 0 Å². The van der Waals surface area contributed by atoms with Crippen LogP contribution in [-0.2, 0) is 23.9 Å². The molecule has 1 aromatic heterocycles. The van der Waals surface area contributed by atoms with Crippen LogP contribution in [0.25, 0.3) is 0 Å². The molecule has 1 atom stereocenters. The maximum Gasteiger partial charge on any atom is 0.433 e. The molecule has 0 radical (unpaired) electrons. The second kappa shape index (κ2) is 10.3. The topological polar surface area (TPSA) is 162 Å². The summed E-state index contributed by atoms with van der Waals surface area (Å²) >= 11 is 0. The van der Waals surface area contributed by atoms with Crippen LogP contribution in [0.5, 0.6) is 0 Å². The van der Waals surface area contributed by atoms with Gasteiger partial charge in [0.15, 0.2) is 11.6 Å². The van der Waals surface area contributed by atoms with E-state index in [1.165, 1.54) is 4.90 Å². The molecule has 0 unspecified atom stereocenters. The van der Waals surface area contributed by atoms with Gasteiger partial charge in [0, 0.05) is 25.2 Å². The van der Waals surface area contributed by atoms with Crippen LogP contribution in [0.4, 0.5) is 30.8 Å². The summed E-state index contributed by atoms with van der Waals surface area (Å²) in [7, 11) is -3.78. The number of furan rings is 1. The summed E-state index contributed by atoms with van der Waals surface area (Å²) < 4.78 is 66.8. The lowest BCUT2D eigenvalue weighted by Crippen LogP contribution is -2.34. The molecular formula is C20H20F2N4O10S. The molecule has 2 aliphatic heterocycles. The third-order valence-corrected chi connectivity index (χ3v) is 5.93. The summed E-state index contributed by atoms with van der Waals surface area (Å²) in [6, 6.07) is 3.98. The molecule has 1 aromatic carbocycles. The number of rotatable bonds is 7. The summed E-state index contributed by atoms with van der Waals surface area (Å²) in [4.78, 5) is 42.3. The molecule has 2 saturated heterocycles. The summed E-state index contributed by atoms with van der Waals surface area (Å²) in [6.45, 7) is -0.987. The number of cyclic esters (lactones) is 1. The number of hydroxylamine groups is 2. The maximum atomic E-state index is 15.0. The minimum atomic E-state index is -3.78. The standard InChI is InChI=1S/C20H20F2N4O10S/c1-37(31,32)34-11-13-10-24(20(28)35-13)12-8-14(21)18(15(22)9-12)23-4-5-25(33-7-6-23)19(27)16-2-3-17(36-16)26(29)30/h2-3,8-9,13H,4-7,10-11H2,1H3/t13-/m1/s1. The molecule has 0 spiro atoms. The number of benzene rings is 1. The minimum Gasteiger partial charge on any atom is -0.441 e. The second-order valence-corrected chi connectivity index (χ2v) is 9.63. The number of ether oxygens (including phenoxy) is 1. The highest BCUT2D eigenvalue weighted by Gasteiger charge is 2.35. The zero-order chi connectivity index (χ0) is 26.9. The monoisotopic (exact) mass is 546 g/mol. The second-order valence-electron chi connectivity index (χ2n) is 7.99. The van der Waals surface area contributed by atoms with Gasteiger partial charge in [-0.15, -0.1) is 0 Å². The maximum absolute atomic E-state index is 15.0. The molecule has 0 saturated carbocycles. The number of carbonyl (C=O) groups is 2. The molecule has 2 amide bonds. The number of carbonyl (C=O) groups excluding carboxylic acids is 2. The van der Waals surface area contributed by atoms with E-state index in [1.54, 1.807) is 0 Å². The Hall–Kier alpha value is -3.83. The number of amides is 2. The summed E-state index contributed by atoms with van der Waals surface area (Å²) in [5, 5.41) is 11.6. The molecule has 2 aromatic rings. The first kappa shape index (κ1) is 26.2. The van der Waals surface area contributed by atoms with Crippen molar-refractivity contribution in [1.82, 2.24) is 5.06 Å². The number of nitrogens with zero attached hydrogens (tertiary/aromatic N) is 4. The normalized spacial score (nSPS) is 18.6. The molecule has 0 aliphatic carbocycles. The van der Waals surface area contributed by atoms with E-state index < -0.39 is 63.0 Å². The molecule has 3 heterocycles. The summed E-state index contributed by atoms with van der Waals surface area (Å²) in [5.74, 6) is -3.76. The van der Waals surface area contributed by atoms with Crippen molar-refractivity contribution in [3.63, 3.8) is 0 Å². The molecule has 37 heavy (non-hydrogen) atoms. The SMILES string of the molecule is CS(=O)(=O)OC[C@H]1CN(c2cc(F)c(N3CCON(C(=O)c4ccc([N+](=O)[O-])o4)CC3)c(F)c2)C(=O)O1. The van der Waals surface area contributed by atoms with Crippen LogP contribution in [0.1, 0.15) is 10.6 Å². The Morgan fingerprint density at radius 1 is 1.22 bits per heavy atom. The fraction of sp³-hybridized carbons (Fsp3) is 0.400. The third kappa shape index (κ3) is 5.95. The Morgan fingerprint density at radius 2 is 1.92 bits per heavy atom. The predicted molar refractivity (Wildman–Crippen MR) is 119 cm³/mol. The first-order valence-corrected chi connectivity index (χ1v) is 12.5. The van der Waals surface area contributed by atoms with E-state index in [-0.39, 0.29) is 44.2 Å². The van der Waals surface area contributed by atoms with Crippen LogP contribution >= 0.6 is 0 Å². The fourth-order valence-corrected chi connectivity index (χ4v) is 4.12. The van der Waals surface area contributed by atoms with Gasteiger partial charge < -0.3 is 14.1 Å². The quantitative estimate of drug-likeness (QED) is 0.282. The molecule has 200 valence electrons. The van der Waals surface area contributed by atoms with Gasteiger partial charge in [-0.25, -0.2) is 18.6 Å². The van der Waals surface area contributed by atoms with E-state index >= 15 is 8.78 Å². The van der Waals surface area contributed by atoms with E-state index in [0.717, 1.165) is 40.5 Å². The van der Waals surface area contributed by atoms with Crippen molar-refractivity contribution >= 4 is 39.4 Å². The molecule has 4 rings (SSSR count). The Labute approximate surface area is 208 Å². The largest absolute Gasteiger partial charge is 0.441 e. The van der Waals surface area contributed by atoms with E-state index in [4.69, 9.17) is 14.0 Å². The highest BCUT2D eigenvalue weighted by atomic mass is 32.2. The van der Waals surface area contributed by atoms with Gasteiger partial charge in [-0.1, -0.05) is 0 Å². The lowest BCUT2D eigenvalue weighted by atomic mass is 10.2. The Balaban J connectivity index is 1.44. The van der Waals surface area contributed by atoms with Crippen LogP contribution in [-0.4, -0.2) is 82.2 Å². The van der Waals surface area contributed by atoms with Crippen LogP contribution < -0.4 is 9.80 Å². The zero-order valence-electron chi connectivity index (χ0n) is 19.2. The zero-order valence-corrected chi connectivity index (χ0v) is 20.0. The lowest BCUT2D eigenvalue weighted by molar-refractivity contribution is -0.402. The van der Waals surface area contributed by atoms with Crippen molar-refractivity contribution in [2.75, 3.05) is 55.4 Å². The molecule has 0 bridgehead atoms. The van der Waals surface area contributed by atoms with Gasteiger partial charge >= 0.3 is 17.9 Å². The van der Waals surface area contributed by atoms with Gasteiger partial charge in [0.2, 0.25) is 5.76 Å². The number of halogens is 2. The van der Waals surface area contributed by atoms with E-state index in [9.17, 15) is 28.1 Å². The third-order valence-electron chi connectivity index (χ3n) is 5.36. The van der Waals surface area contributed by atoms with Gasteiger partial charge in [-0.05, 0) is 6.07 Å².